The fourth-order valence-corrected chi connectivity index (χ4v) is 1.88. The van der Waals surface area contributed by atoms with Crippen LogP contribution in [0.3, 0.4) is 0 Å². The Bertz CT molecular complexity index is 120. The monoisotopic (exact) mass is 169 g/mol. The smallest absolute Gasteiger partial charge is 0.0273 e. The van der Waals surface area contributed by atoms with Gasteiger partial charge < -0.3 is 0 Å². The van der Waals surface area contributed by atoms with Crippen LogP contribution in [-0.2, 0) is 0 Å². The largest absolute Gasteiger partial charge is 0.0654 e. The lowest BCUT2D eigenvalue weighted by Crippen LogP contribution is -2.23. The Labute approximate surface area is 78.8 Å². The van der Waals surface area contributed by atoms with Gasteiger partial charge in [0.05, 0.1) is 0 Å². The first-order chi connectivity index (χ1) is 5.33. The quantitative estimate of drug-likeness (QED) is 0.570. The van der Waals surface area contributed by atoms with E-state index < -0.39 is 0 Å². The highest BCUT2D eigenvalue weighted by Gasteiger charge is 2.26. The standard InChI is InChI=1S/C12H25/c1-7-9-12(5,6)10-11(3,4)8-2/h10H,7-9H2,1-6H3. The molecule has 0 spiro atoms. The van der Waals surface area contributed by atoms with E-state index in [1.165, 1.54) is 19.3 Å². The van der Waals surface area contributed by atoms with Gasteiger partial charge in [-0.05, 0) is 23.7 Å². The molecule has 0 heteroatoms. The van der Waals surface area contributed by atoms with Crippen molar-refractivity contribution in [1.29, 1.82) is 0 Å². The van der Waals surface area contributed by atoms with Gasteiger partial charge >= 0.3 is 0 Å². The van der Waals surface area contributed by atoms with Crippen LogP contribution in [0.25, 0.3) is 0 Å². The summed E-state index contributed by atoms with van der Waals surface area (Å²) >= 11 is 0. The van der Waals surface area contributed by atoms with Crippen molar-refractivity contribution in [2.75, 3.05) is 0 Å². The third-order valence-electron chi connectivity index (χ3n) is 2.59. The molecule has 0 heterocycles. The van der Waals surface area contributed by atoms with Crippen molar-refractivity contribution < 1.29 is 0 Å². The lowest BCUT2D eigenvalue weighted by molar-refractivity contribution is 0.279. The molecule has 0 amide bonds. The molecule has 0 nitrogen and oxygen atoms in total. The highest BCUT2D eigenvalue weighted by atomic mass is 14.3. The first kappa shape index (κ1) is 12.0. The highest BCUT2D eigenvalue weighted by Crippen LogP contribution is 2.37. The topological polar surface area (TPSA) is 0 Å². The van der Waals surface area contributed by atoms with Crippen LogP contribution in [0.4, 0.5) is 0 Å². The van der Waals surface area contributed by atoms with Crippen LogP contribution in [0, 0.1) is 17.3 Å². The second-order valence-electron chi connectivity index (χ2n) is 5.23. The molecule has 0 saturated heterocycles. The molecule has 12 heavy (non-hydrogen) atoms. The maximum atomic E-state index is 2.52. The van der Waals surface area contributed by atoms with Gasteiger partial charge in [-0.1, -0.05) is 54.4 Å². The molecular weight excluding hydrogens is 144 g/mol. The van der Waals surface area contributed by atoms with Gasteiger partial charge in [0, 0.05) is 0 Å². The summed E-state index contributed by atoms with van der Waals surface area (Å²) in [6.07, 6.45) is 6.34. The average Bonchev–Trinajstić information content (AvgIpc) is 1.85. The Balaban J connectivity index is 4.04. The van der Waals surface area contributed by atoms with Gasteiger partial charge in [-0.15, -0.1) is 0 Å². The van der Waals surface area contributed by atoms with E-state index in [1.807, 2.05) is 0 Å². The molecular formula is C12H25. The molecule has 0 aliphatic rings. The molecule has 0 aromatic heterocycles. The van der Waals surface area contributed by atoms with Crippen LogP contribution in [0.2, 0.25) is 0 Å². The van der Waals surface area contributed by atoms with Gasteiger partial charge in [-0.25, -0.2) is 0 Å². The van der Waals surface area contributed by atoms with E-state index >= 15 is 0 Å². The fourth-order valence-electron chi connectivity index (χ4n) is 1.88. The van der Waals surface area contributed by atoms with E-state index in [2.05, 4.69) is 48.0 Å². The Morgan fingerprint density at radius 3 is 1.75 bits per heavy atom. The molecule has 0 fully saturated rings. The molecule has 1 radical (unpaired) electrons. The van der Waals surface area contributed by atoms with Crippen molar-refractivity contribution in [2.24, 2.45) is 10.8 Å². The Morgan fingerprint density at radius 2 is 1.42 bits per heavy atom. The molecule has 0 saturated carbocycles. The van der Waals surface area contributed by atoms with Gasteiger partial charge in [0.15, 0.2) is 0 Å². The number of hydrogen-bond acceptors (Lipinski definition) is 0. The van der Waals surface area contributed by atoms with Gasteiger partial charge in [0.2, 0.25) is 0 Å². The molecule has 0 unspecified atom stereocenters. The van der Waals surface area contributed by atoms with Gasteiger partial charge in [-0.2, -0.15) is 0 Å². The van der Waals surface area contributed by atoms with Crippen LogP contribution in [0.15, 0.2) is 0 Å². The first-order valence-electron chi connectivity index (χ1n) is 5.20. The third-order valence-corrected chi connectivity index (χ3v) is 2.59. The van der Waals surface area contributed by atoms with Crippen molar-refractivity contribution in [3.63, 3.8) is 0 Å². The summed E-state index contributed by atoms with van der Waals surface area (Å²) in [5.74, 6) is 0. The van der Waals surface area contributed by atoms with E-state index in [9.17, 15) is 0 Å². The molecule has 0 aliphatic heterocycles. The lowest BCUT2D eigenvalue weighted by Gasteiger charge is -2.33. The first-order valence-corrected chi connectivity index (χ1v) is 5.20. The predicted octanol–water partition coefficient (Wildman–Crippen LogP) is 4.45. The van der Waals surface area contributed by atoms with Gasteiger partial charge in [0.25, 0.3) is 0 Å². The summed E-state index contributed by atoms with van der Waals surface area (Å²) in [7, 11) is 0. The van der Waals surface area contributed by atoms with Crippen LogP contribution in [0.1, 0.15) is 60.8 Å². The summed E-state index contributed by atoms with van der Waals surface area (Å²) in [5, 5.41) is 0. The highest BCUT2D eigenvalue weighted by molar-refractivity contribution is 4.94. The van der Waals surface area contributed by atoms with Gasteiger partial charge in [-0.3, -0.25) is 0 Å². The van der Waals surface area contributed by atoms with E-state index in [4.69, 9.17) is 0 Å². The molecule has 0 rings (SSSR count). The number of rotatable bonds is 5. The van der Waals surface area contributed by atoms with Crippen molar-refractivity contribution in [2.45, 2.75) is 60.8 Å². The lowest BCUT2D eigenvalue weighted by atomic mass is 9.72. The van der Waals surface area contributed by atoms with Crippen molar-refractivity contribution >= 4 is 0 Å². The molecule has 0 aromatic rings. The minimum absolute atomic E-state index is 0.401. The predicted molar refractivity (Wildman–Crippen MR) is 57.1 cm³/mol. The van der Waals surface area contributed by atoms with Crippen molar-refractivity contribution in [3.05, 3.63) is 6.42 Å². The SMILES string of the molecule is CCCC(C)(C)[CH]C(C)(C)CC. The summed E-state index contributed by atoms with van der Waals surface area (Å²) in [4.78, 5) is 0. The van der Waals surface area contributed by atoms with Crippen LogP contribution < -0.4 is 0 Å². The second-order valence-corrected chi connectivity index (χ2v) is 5.23. The molecule has 73 valence electrons. The maximum Gasteiger partial charge on any atom is -0.0273 e. The Morgan fingerprint density at radius 1 is 0.917 bits per heavy atom. The van der Waals surface area contributed by atoms with Crippen molar-refractivity contribution in [1.82, 2.24) is 0 Å². The van der Waals surface area contributed by atoms with E-state index in [1.54, 1.807) is 0 Å². The van der Waals surface area contributed by atoms with Crippen LogP contribution in [-0.4, -0.2) is 0 Å². The van der Waals surface area contributed by atoms with Gasteiger partial charge in [0.1, 0.15) is 0 Å². The van der Waals surface area contributed by atoms with Crippen molar-refractivity contribution in [3.8, 4) is 0 Å². The second kappa shape index (κ2) is 4.30. The minimum atomic E-state index is 0.401. The summed E-state index contributed by atoms with van der Waals surface area (Å²) < 4.78 is 0. The zero-order chi connectivity index (χ0) is 9.83. The Kier molecular flexibility index (Phi) is 4.30. The molecule has 0 N–H and O–H groups in total. The molecule has 0 aromatic carbocycles. The molecule has 0 atom stereocenters. The van der Waals surface area contributed by atoms with E-state index in [-0.39, 0.29) is 0 Å². The normalized spacial score (nSPS) is 13.5. The van der Waals surface area contributed by atoms with Crippen LogP contribution >= 0.6 is 0 Å². The Hall–Kier alpha value is 0. The zero-order valence-electron chi connectivity index (χ0n) is 9.70. The minimum Gasteiger partial charge on any atom is -0.0654 e. The fraction of sp³-hybridized carbons (Fsp3) is 0.917. The van der Waals surface area contributed by atoms with E-state index in [0.717, 1.165) is 0 Å². The average molecular weight is 169 g/mol. The molecule has 0 aliphatic carbocycles. The summed E-state index contributed by atoms with van der Waals surface area (Å²) in [6, 6.07) is 0. The maximum absolute atomic E-state index is 2.52. The van der Waals surface area contributed by atoms with E-state index in [0.29, 0.717) is 10.8 Å². The third kappa shape index (κ3) is 4.79. The van der Waals surface area contributed by atoms with Crippen LogP contribution in [0.5, 0.6) is 0 Å². The summed E-state index contributed by atoms with van der Waals surface area (Å²) in [6.45, 7) is 13.9. The molecule has 0 bridgehead atoms. The number of hydrogen-bond donors (Lipinski definition) is 0. The zero-order valence-corrected chi connectivity index (χ0v) is 9.70. The summed E-state index contributed by atoms with van der Waals surface area (Å²) in [5.41, 5.74) is 0.812.